The fourth-order valence-corrected chi connectivity index (χ4v) is 3.44. The van der Waals surface area contributed by atoms with Crippen LogP contribution in [0.15, 0.2) is 42.6 Å². The molecule has 3 amide bonds. The predicted molar refractivity (Wildman–Crippen MR) is 111 cm³/mol. The maximum absolute atomic E-state index is 13.9. The average Bonchev–Trinajstić information content (AvgIpc) is 2.73. The molecular formula is C20H22ClF2N5O3. The smallest absolute Gasteiger partial charge is 0.318 e. The highest BCUT2D eigenvalue weighted by Crippen LogP contribution is 2.29. The fraction of sp³-hybridized carbons (Fsp3) is 0.350. The molecule has 166 valence electrons. The number of nitrogens with zero attached hydrogens (tertiary/aromatic N) is 2. The Labute approximate surface area is 182 Å². The molecule has 0 spiro atoms. The first-order chi connectivity index (χ1) is 14.7. The van der Waals surface area contributed by atoms with E-state index in [4.69, 9.17) is 22.1 Å². The number of alkyl halides is 2. The Kier molecular flexibility index (Phi) is 7.04. The summed E-state index contributed by atoms with van der Waals surface area (Å²) in [5.74, 6) is -3.45. The number of halogens is 3. The zero-order valence-electron chi connectivity index (χ0n) is 16.6. The first-order valence-corrected chi connectivity index (χ1v) is 9.77. The molecule has 4 N–H and O–H groups in total. The summed E-state index contributed by atoms with van der Waals surface area (Å²) in [7, 11) is 1.40. The highest BCUT2D eigenvalue weighted by molar-refractivity contribution is 6.30. The van der Waals surface area contributed by atoms with Crippen molar-refractivity contribution in [1.82, 2.24) is 15.2 Å². The number of hydrogen-bond acceptors (Lipinski definition) is 5. The predicted octanol–water partition coefficient (Wildman–Crippen LogP) is 2.72. The molecule has 0 unspecified atom stereocenters. The molecule has 0 saturated carbocycles. The Morgan fingerprint density at radius 1 is 1.39 bits per heavy atom. The normalized spacial score (nSPS) is 17.6. The molecule has 1 aliphatic rings. The maximum atomic E-state index is 13.9. The van der Waals surface area contributed by atoms with Gasteiger partial charge >= 0.3 is 6.03 Å². The van der Waals surface area contributed by atoms with Gasteiger partial charge in [-0.15, -0.1) is 0 Å². The highest BCUT2D eigenvalue weighted by Gasteiger charge is 2.42. The molecule has 1 saturated heterocycles. The minimum atomic E-state index is -3.08. The van der Waals surface area contributed by atoms with Gasteiger partial charge in [0.1, 0.15) is 11.9 Å². The van der Waals surface area contributed by atoms with Gasteiger partial charge in [0.15, 0.2) is 0 Å². The largest absolute Gasteiger partial charge is 0.382 e. The van der Waals surface area contributed by atoms with E-state index in [1.165, 1.54) is 19.4 Å². The van der Waals surface area contributed by atoms with Crippen LogP contribution in [0, 0.1) is 0 Å². The number of pyridine rings is 1. The number of anilines is 1. The second-order valence-electron chi connectivity index (χ2n) is 7.11. The Hall–Kier alpha value is -2.82. The number of ether oxygens (including phenoxy) is 1. The van der Waals surface area contributed by atoms with E-state index in [1.807, 2.05) is 0 Å². The molecule has 31 heavy (non-hydrogen) atoms. The molecule has 8 nitrogen and oxygen atoms in total. The number of amides is 3. The van der Waals surface area contributed by atoms with Crippen molar-refractivity contribution >= 4 is 29.4 Å². The molecule has 1 fully saturated rings. The van der Waals surface area contributed by atoms with E-state index in [0.717, 1.165) is 4.90 Å². The minimum Gasteiger partial charge on any atom is -0.382 e. The Morgan fingerprint density at radius 2 is 2.16 bits per heavy atom. The van der Waals surface area contributed by atoms with Gasteiger partial charge in [0.05, 0.1) is 25.7 Å². The molecule has 0 radical (unpaired) electrons. The van der Waals surface area contributed by atoms with Crippen molar-refractivity contribution in [2.75, 3.05) is 32.1 Å². The van der Waals surface area contributed by atoms with Crippen LogP contribution in [0.5, 0.6) is 0 Å². The lowest BCUT2D eigenvalue weighted by Crippen LogP contribution is -2.58. The van der Waals surface area contributed by atoms with Crippen LogP contribution >= 0.6 is 11.6 Å². The standard InChI is InChI=1S/C20H22ClF2N5O3/c1-31-9-15(28-11-20(22,23)10-26-19(28)30)12-5-6-25-16(8-12)27-18(29)17(24)13-3-2-4-14(21)7-13/h2-8,15,17H,9-11,24H2,1H3,(H,26,30)(H,25,27,29)/t15-,17+/m1/s1. The average molecular weight is 454 g/mol. The van der Waals surface area contributed by atoms with Gasteiger partial charge in [0.25, 0.3) is 5.92 Å². The van der Waals surface area contributed by atoms with Gasteiger partial charge in [-0.05, 0) is 35.4 Å². The fourth-order valence-electron chi connectivity index (χ4n) is 3.24. The van der Waals surface area contributed by atoms with Crippen LogP contribution in [0.3, 0.4) is 0 Å². The Morgan fingerprint density at radius 3 is 2.87 bits per heavy atom. The topological polar surface area (TPSA) is 110 Å². The summed E-state index contributed by atoms with van der Waals surface area (Å²) in [6, 6.07) is 7.22. The quantitative estimate of drug-likeness (QED) is 0.597. The van der Waals surface area contributed by atoms with Crippen LogP contribution in [-0.2, 0) is 9.53 Å². The molecule has 1 aromatic carbocycles. The first kappa shape index (κ1) is 22.9. The molecule has 1 aromatic heterocycles. The van der Waals surface area contributed by atoms with E-state index < -0.39 is 43.0 Å². The van der Waals surface area contributed by atoms with Crippen LogP contribution in [0.1, 0.15) is 23.2 Å². The molecule has 0 aliphatic carbocycles. The van der Waals surface area contributed by atoms with Crippen LogP contribution in [-0.4, -0.2) is 54.6 Å². The van der Waals surface area contributed by atoms with Crippen LogP contribution in [0.4, 0.5) is 19.4 Å². The van der Waals surface area contributed by atoms with Gasteiger partial charge in [0.2, 0.25) is 5.91 Å². The molecule has 1 aliphatic heterocycles. The van der Waals surface area contributed by atoms with Crippen LogP contribution in [0.25, 0.3) is 0 Å². The van der Waals surface area contributed by atoms with E-state index in [-0.39, 0.29) is 12.4 Å². The first-order valence-electron chi connectivity index (χ1n) is 9.39. The van der Waals surface area contributed by atoms with E-state index in [2.05, 4.69) is 15.6 Å². The molecule has 11 heteroatoms. The summed E-state index contributed by atoms with van der Waals surface area (Å²) >= 11 is 5.94. The number of carbonyl (C=O) groups excluding carboxylic acids is 2. The maximum Gasteiger partial charge on any atom is 0.318 e. The van der Waals surface area contributed by atoms with Gasteiger partial charge in [-0.25, -0.2) is 18.6 Å². The van der Waals surface area contributed by atoms with Gasteiger partial charge in [-0.1, -0.05) is 23.7 Å². The third-order valence-corrected chi connectivity index (χ3v) is 5.01. The van der Waals surface area contributed by atoms with Crippen molar-refractivity contribution in [2.24, 2.45) is 5.73 Å². The SMILES string of the molecule is COC[C@H](c1ccnc(NC(=O)[C@@H](N)c2cccc(Cl)c2)c1)N1CC(F)(F)CNC1=O. The van der Waals surface area contributed by atoms with Gasteiger partial charge < -0.3 is 26.0 Å². The second kappa shape index (κ2) is 9.54. The molecule has 2 aromatic rings. The number of urea groups is 1. The summed E-state index contributed by atoms with van der Waals surface area (Å²) < 4.78 is 32.9. The van der Waals surface area contributed by atoms with E-state index >= 15 is 0 Å². The number of benzene rings is 1. The summed E-state index contributed by atoms with van der Waals surface area (Å²) in [6.45, 7) is -1.50. The van der Waals surface area contributed by atoms with Crippen molar-refractivity contribution in [3.63, 3.8) is 0 Å². The zero-order valence-corrected chi connectivity index (χ0v) is 17.4. The Balaban J connectivity index is 1.80. The third kappa shape index (κ3) is 5.66. The number of nitrogens with two attached hydrogens (primary N) is 1. The zero-order chi connectivity index (χ0) is 22.6. The van der Waals surface area contributed by atoms with E-state index in [1.54, 1.807) is 30.3 Å². The number of aromatic nitrogens is 1. The van der Waals surface area contributed by atoms with Crippen molar-refractivity contribution in [3.8, 4) is 0 Å². The number of hydrogen-bond donors (Lipinski definition) is 3. The highest BCUT2D eigenvalue weighted by atomic mass is 35.5. The van der Waals surface area contributed by atoms with Crippen LogP contribution < -0.4 is 16.4 Å². The van der Waals surface area contributed by atoms with E-state index in [0.29, 0.717) is 16.1 Å². The lowest BCUT2D eigenvalue weighted by Gasteiger charge is -2.38. The third-order valence-electron chi connectivity index (χ3n) is 4.77. The molecule has 3 rings (SSSR count). The lowest BCUT2D eigenvalue weighted by atomic mass is 10.1. The number of rotatable bonds is 7. The summed E-state index contributed by atoms with van der Waals surface area (Å²) in [4.78, 5) is 29.9. The van der Waals surface area contributed by atoms with E-state index in [9.17, 15) is 18.4 Å². The summed E-state index contributed by atoms with van der Waals surface area (Å²) in [6.07, 6.45) is 1.40. The number of carbonyl (C=O) groups is 2. The molecule has 2 atom stereocenters. The monoisotopic (exact) mass is 453 g/mol. The van der Waals surface area contributed by atoms with Crippen molar-refractivity contribution in [3.05, 3.63) is 58.7 Å². The number of nitrogens with one attached hydrogen (secondary N) is 2. The Bertz CT molecular complexity index is 962. The van der Waals surface area contributed by atoms with Gasteiger partial charge in [-0.3, -0.25) is 4.79 Å². The minimum absolute atomic E-state index is 0.0249. The van der Waals surface area contributed by atoms with Gasteiger partial charge in [0, 0.05) is 18.3 Å². The molecule has 0 bridgehead atoms. The van der Waals surface area contributed by atoms with Crippen molar-refractivity contribution < 1.29 is 23.1 Å². The molecular weight excluding hydrogens is 432 g/mol. The second-order valence-corrected chi connectivity index (χ2v) is 7.55. The number of methoxy groups -OCH3 is 1. The van der Waals surface area contributed by atoms with Crippen molar-refractivity contribution in [2.45, 2.75) is 18.0 Å². The summed E-state index contributed by atoms with van der Waals surface area (Å²) in [5.41, 5.74) is 6.99. The van der Waals surface area contributed by atoms with Crippen LogP contribution in [0.2, 0.25) is 5.02 Å². The van der Waals surface area contributed by atoms with Crippen molar-refractivity contribution in [1.29, 1.82) is 0 Å². The molecule has 2 heterocycles. The van der Waals surface area contributed by atoms with Gasteiger partial charge in [-0.2, -0.15) is 0 Å². The lowest BCUT2D eigenvalue weighted by molar-refractivity contribution is -0.117. The summed E-state index contributed by atoms with van der Waals surface area (Å²) in [5, 5.41) is 5.23.